The molecule has 18 heavy (non-hydrogen) atoms. The van der Waals surface area contributed by atoms with Crippen molar-refractivity contribution >= 4 is 33.4 Å². The average molecular weight is 258 g/mol. The minimum atomic E-state index is -0.576. The molecule has 0 saturated heterocycles. The topological polar surface area (TPSA) is 64.9 Å². The summed E-state index contributed by atoms with van der Waals surface area (Å²) < 4.78 is 0. The lowest BCUT2D eigenvalue weighted by atomic mass is 10.1. The van der Waals surface area contributed by atoms with Crippen molar-refractivity contribution in [3.8, 4) is 0 Å². The lowest BCUT2D eigenvalue weighted by Gasteiger charge is -2.11. The van der Waals surface area contributed by atoms with Crippen molar-refractivity contribution in [2.24, 2.45) is 11.5 Å². The van der Waals surface area contributed by atoms with E-state index in [1.807, 2.05) is 42.5 Å². The quantitative estimate of drug-likeness (QED) is 0.520. The van der Waals surface area contributed by atoms with Crippen LogP contribution in [0, 0.1) is 0 Å². The Morgan fingerprint density at radius 2 is 1.78 bits per heavy atom. The van der Waals surface area contributed by atoms with Crippen LogP contribution in [0.4, 0.5) is 0 Å². The fourth-order valence-corrected chi connectivity index (χ4v) is 2.43. The second-order valence-corrected chi connectivity index (χ2v) is 4.62. The van der Waals surface area contributed by atoms with Crippen LogP contribution < -0.4 is 11.5 Å². The van der Waals surface area contributed by atoms with Gasteiger partial charge in [0, 0.05) is 16.3 Å². The highest BCUT2D eigenvalue weighted by Crippen LogP contribution is 2.30. The standard InChI is InChI=1S/C14H12ClN3/c15-13-9(14(16)17)5-6-12-10(13)7-8-3-1-2-4-11(8)18-12/h1-7,14H,16-17H2. The summed E-state index contributed by atoms with van der Waals surface area (Å²) in [6.45, 7) is 0. The van der Waals surface area contributed by atoms with Crippen LogP contribution in [0.5, 0.6) is 0 Å². The molecule has 1 heterocycles. The summed E-state index contributed by atoms with van der Waals surface area (Å²) in [6.07, 6.45) is -0.576. The molecule has 4 N–H and O–H groups in total. The van der Waals surface area contributed by atoms with Gasteiger partial charge in [0.25, 0.3) is 0 Å². The van der Waals surface area contributed by atoms with E-state index in [9.17, 15) is 0 Å². The number of rotatable bonds is 1. The van der Waals surface area contributed by atoms with Gasteiger partial charge in [-0.1, -0.05) is 35.9 Å². The molecule has 0 radical (unpaired) electrons. The zero-order valence-electron chi connectivity index (χ0n) is 9.60. The van der Waals surface area contributed by atoms with E-state index in [2.05, 4.69) is 4.98 Å². The van der Waals surface area contributed by atoms with E-state index >= 15 is 0 Å². The number of benzene rings is 2. The maximum Gasteiger partial charge on any atom is 0.0799 e. The third-order valence-electron chi connectivity index (χ3n) is 3.02. The number of hydrogen-bond acceptors (Lipinski definition) is 3. The van der Waals surface area contributed by atoms with Crippen LogP contribution in [-0.4, -0.2) is 4.98 Å². The first-order valence-corrected chi connectivity index (χ1v) is 6.03. The molecule has 3 rings (SSSR count). The second kappa shape index (κ2) is 4.21. The van der Waals surface area contributed by atoms with Gasteiger partial charge in [-0.25, -0.2) is 4.98 Å². The van der Waals surface area contributed by atoms with Gasteiger partial charge in [0.1, 0.15) is 0 Å². The number of fused-ring (bicyclic) bond motifs is 2. The highest BCUT2D eigenvalue weighted by molar-refractivity contribution is 6.36. The van der Waals surface area contributed by atoms with E-state index in [4.69, 9.17) is 23.1 Å². The summed E-state index contributed by atoms with van der Waals surface area (Å²) >= 11 is 6.34. The lowest BCUT2D eigenvalue weighted by Crippen LogP contribution is -2.20. The first-order chi connectivity index (χ1) is 8.66. The Bertz CT molecular complexity index is 738. The second-order valence-electron chi connectivity index (χ2n) is 4.24. The van der Waals surface area contributed by atoms with Crippen LogP contribution in [0.25, 0.3) is 21.8 Å². The molecular formula is C14H12ClN3. The molecule has 3 aromatic rings. The molecule has 0 bridgehead atoms. The van der Waals surface area contributed by atoms with Crippen molar-refractivity contribution in [1.29, 1.82) is 0 Å². The minimum absolute atomic E-state index is 0.576. The smallest absolute Gasteiger partial charge is 0.0799 e. The van der Waals surface area contributed by atoms with Crippen molar-refractivity contribution < 1.29 is 0 Å². The molecule has 0 aliphatic rings. The van der Waals surface area contributed by atoms with Crippen LogP contribution >= 0.6 is 11.6 Å². The van der Waals surface area contributed by atoms with Crippen molar-refractivity contribution in [3.05, 3.63) is 53.1 Å². The van der Waals surface area contributed by atoms with Crippen molar-refractivity contribution in [1.82, 2.24) is 4.98 Å². The minimum Gasteiger partial charge on any atom is -0.312 e. The molecule has 0 atom stereocenters. The SMILES string of the molecule is NC(N)c1ccc2nc3ccccc3cc2c1Cl. The molecule has 0 saturated carbocycles. The number of para-hydroxylation sites is 1. The predicted octanol–water partition coefficient (Wildman–Crippen LogP) is 2.96. The fraction of sp³-hybridized carbons (Fsp3) is 0.0714. The van der Waals surface area contributed by atoms with Crippen molar-refractivity contribution in [2.75, 3.05) is 0 Å². The van der Waals surface area contributed by atoms with Crippen molar-refractivity contribution in [3.63, 3.8) is 0 Å². The number of aromatic nitrogens is 1. The van der Waals surface area contributed by atoms with Crippen LogP contribution in [0.15, 0.2) is 42.5 Å². The number of nitrogens with zero attached hydrogens (tertiary/aromatic N) is 1. The molecule has 2 aromatic carbocycles. The summed E-state index contributed by atoms with van der Waals surface area (Å²) in [4.78, 5) is 4.57. The number of pyridine rings is 1. The first kappa shape index (κ1) is 11.4. The largest absolute Gasteiger partial charge is 0.312 e. The molecule has 0 amide bonds. The predicted molar refractivity (Wildman–Crippen MR) is 75.4 cm³/mol. The Balaban J connectivity index is 2.40. The van der Waals surface area contributed by atoms with E-state index in [0.29, 0.717) is 5.02 Å². The Labute approximate surface area is 109 Å². The maximum absolute atomic E-state index is 6.34. The van der Waals surface area contributed by atoms with Crippen LogP contribution in [0.2, 0.25) is 5.02 Å². The monoisotopic (exact) mass is 257 g/mol. The van der Waals surface area contributed by atoms with Gasteiger partial charge in [-0.2, -0.15) is 0 Å². The molecule has 0 unspecified atom stereocenters. The Morgan fingerprint density at radius 1 is 1.00 bits per heavy atom. The van der Waals surface area contributed by atoms with Gasteiger partial charge in [-0.3, -0.25) is 0 Å². The molecule has 0 aliphatic carbocycles. The summed E-state index contributed by atoms with van der Waals surface area (Å²) in [7, 11) is 0. The van der Waals surface area contributed by atoms with E-state index in [0.717, 1.165) is 27.4 Å². The molecular weight excluding hydrogens is 246 g/mol. The third-order valence-corrected chi connectivity index (χ3v) is 3.45. The fourth-order valence-electron chi connectivity index (χ4n) is 2.09. The van der Waals surface area contributed by atoms with Gasteiger partial charge >= 0.3 is 0 Å². The van der Waals surface area contributed by atoms with Crippen molar-refractivity contribution in [2.45, 2.75) is 6.17 Å². The van der Waals surface area contributed by atoms with Crippen LogP contribution in [0.3, 0.4) is 0 Å². The Kier molecular flexibility index (Phi) is 2.67. The molecule has 4 heteroatoms. The van der Waals surface area contributed by atoms with E-state index in [1.54, 1.807) is 0 Å². The highest BCUT2D eigenvalue weighted by atomic mass is 35.5. The lowest BCUT2D eigenvalue weighted by molar-refractivity contribution is 0.775. The first-order valence-electron chi connectivity index (χ1n) is 5.66. The van der Waals surface area contributed by atoms with Crippen LogP contribution in [-0.2, 0) is 0 Å². The highest BCUT2D eigenvalue weighted by Gasteiger charge is 2.10. The summed E-state index contributed by atoms with van der Waals surface area (Å²) in [5.74, 6) is 0. The van der Waals surface area contributed by atoms with Gasteiger partial charge in [-0.15, -0.1) is 0 Å². The molecule has 3 nitrogen and oxygen atoms in total. The number of halogens is 1. The normalized spacial score (nSPS) is 11.6. The summed E-state index contributed by atoms with van der Waals surface area (Å²) in [5.41, 5.74) is 13.9. The number of hydrogen-bond donors (Lipinski definition) is 2. The molecule has 1 aromatic heterocycles. The molecule has 0 aliphatic heterocycles. The Morgan fingerprint density at radius 3 is 2.56 bits per heavy atom. The van der Waals surface area contributed by atoms with E-state index in [1.165, 1.54) is 0 Å². The van der Waals surface area contributed by atoms with Gasteiger partial charge in [0.05, 0.1) is 22.2 Å². The van der Waals surface area contributed by atoms with Crippen LogP contribution in [0.1, 0.15) is 11.7 Å². The van der Waals surface area contributed by atoms with E-state index < -0.39 is 6.17 Å². The van der Waals surface area contributed by atoms with E-state index in [-0.39, 0.29) is 0 Å². The number of nitrogens with two attached hydrogens (primary N) is 2. The summed E-state index contributed by atoms with van der Waals surface area (Å²) in [6, 6.07) is 13.7. The molecule has 0 spiro atoms. The zero-order valence-corrected chi connectivity index (χ0v) is 10.4. The van der Waals surface area contributed by atoms with Gasteiger partial charge in [0.2, 0.25) is 0 Å². The average Bonchev–Trinajstić information content (AvgIpc) is 2.37. The zero-order chi connectivity index (χ0) is 12.7. The molecule has 90 valence electrons. The Hall–Kier alpha value is -1.68. The maximum atomic E-state index is 6.34. The summed E-state index contributed by atoms with van der Waals surface area (Å²) in [5, 5.41) is 2.52. The third kappa shape index (κ3) is 1.73. The van der Waals surface area contributed by atoms with Gasteiger partial charge in [0.15, 0.2) is 0 Å². The van der Waals surface area contributed by atoms with Gasteiger partial charge < -0.3 is 11.5 Å². The molecule has 0 fully saturated rings. The van der Waals surface area contributed by atoms with Gasteiger partial charge in [-0.05, 0) is 18.2 Å².